The van der Waals surface area contributed by atoms with Crippen LogP contribution in [0.25, 0.3) is 11.3 Å². The molecule has 0 atom stereocenters. The topological polar surface area (TPSA) is 49.3 Å². The van der Waals surface area contributed by atoms with Crippen LogP contribution in [0.3, 0.4) is 0 Å². The Hall–Kier alpha value is -2.43. The van der Waals surface area contributed by atoms with Gasteiger partial charge < -0.3 is 9.80 Å². The molecule has 0 saturated carbocycles. The zero-order valence-corrected chi connectivity index (χ0v) is 15.1. The van der Waals surface area contributed by atoms with E-state index in [-0.39, 0.29) is 5.91 Å². The number of amides is 1. The highest BCUT2D eigenvalue weighted by molar-refractivity contribution is 5.94. The van der Waals surface area contributed by atoms with Crippen LogP contribution in [0.2, 0.25) is 0 Å². The average molecular weight is 338 g/mol. The number of carbonyl (C=O) groups is 1. The van der Waals surface area contributed by atoms with Crippen LogP contribution in [0.4, 0.5) is 5.82 Å². The number of anilines is 1. The van der Waals surface area contributed by atoms with Crippen LogP contribution in [0.1, 0.15) is 43.0 Å². The maximum atomic E-state index is 12.4. The largest absolute Gasteiger partial charge is 0.355 e. The minimum Gasteiger partial charge on any atom is -0.355 e. The number of aromatic nitrogens is 2. The maximum absolute atomic E-state index is 12.4. The number of benzene rings is 1. The minimum atomic E-state index is 0.0652. The molecule has 1 aliphatic rings. The Bertz CT molecular complexity index is 691. The highest BCUT2D eigenvalue weighted by Gasteiger charge is 2.14. The van der Waals surface area contributed by atoms with Gasteiger partial charge in [0.05, 0.1) is 5.69 Å². The van der Waals surface area contributed by atoms with Crippen molar-refractivity contribution in [2.45, 2.75) is 32.6 Å². The Kier molecular flexibility index (Phi) is 5.64. The molecule has 0 bridgehead atoms. The van der Waals surface area contributed by atoms with Gasteiger partial charge in [-0.3, -0.25) is 4.79 Å². The number of carbonyl (C=O) groups excluding carboxylic acids is 1. The van der Waals surface area contributed by atoms with Crippen molar-refractivity contribution in [3.05, 3.63) is 42.0 Å². The summed E-state index contributed by atoms with van der Waals surface area (Å²) in [6, 6.07) is 11.7. The van der Waals surface area contributed by atoms with Crippen molar-refractivity contribution in [2.75, 3.05) is 31.6 Å². The predicted octanol–water partition coefficient (Wildman–Crippen LogP) is 3.62. The molecule has 1 saturated heterocycles. The summed E-state index contributed by atoms with van der Waals surface area (Å²) in [6.45, 7) is 5.05. The van der Waals surface area contributed by atoms with Crippen LogP contribution in [-0.4, -0.2) is 47.7 Å². The van der Waals surface area contributed by atoms with Crippen LogP contribution in [0, 0.1) is 0 Å². The fourth-order valence-corrected chi connectivity index (χ4v) is 3.09. The lowest BCUT2D eigenvalue weighted by atomic mass is 10.1. The van der Waals surface area contributed by atoms with Gasteiger partial charge in [-0.2, -0.15) is 0 Å². The molecule has 0 unspecified atom stereocenters. The number of unbranched alkanes of at least 4 members (excludes halogenated alkanes) is 1. The van der Waals surface area contributed by atoms with Crippen molar-refractivity contribution in [2.24, 2.45) is 0 Å². The zero-order valence-electron chi connectivity index (χ0n) is 15.1. The van der Waals surface area contributed by atoms with E-state index in [2.05, 4.69) is 22.0 Å². The Morgan fingerprint density at radius 2 is 1.80 bits per heavy atom. The first kappa shape index (κ1) is 17.4. The van der Waals surface area contributed by atoms with E-state index < -0.39 is 0 Å². The molecule has 0 aliphatic carbocycles. The highest BCUT2D eigenvalue weighted by atomic mass is 16.2. The fraction of sp³-hybridized carbons (Fsp3) is 0.450. The van der Waals surface area contributed by atoms with E-state index >= 15 is 0 Å². The van der Waals surface area contributed by atoms with Crippen molar-refractivity contribution in [1.82, 2.24) is 15.1 Å². The molecular weight excluding hydrogens is 312 g/mol. The van der Waals surface area contributed by atoms with Gasteiger partial charge in [-0.15, -0.1) is 10.2 Å². The summed E-state index contributed by atoms with van der Waals surface area (Å²) in [5.74, 6) is 1.01. The number of hydrogen-bond acceptors (Lipinski definition) is 4. The minimum absolute atomic E-state index is 0.0652. The molecule has 0 spiro atoms. The third kappa shape index (κ3) is 4.16. The van der Waals surface area contributed by atoms with Crippen LogP contribution in [-0.2, 0) is 0 Å². The molecule has 5 heteroatoms. The third-order valence-electron chi connectivity index (χ3n) is 4.70. The van der Waals surface area contributed by atoms with E-state index in [9.17, 15) is 4.79 Å². The molecule has 1 fully saturated rings. The molecule has 1 amide bonds. The van der Waals surface area contributed by atoms with Gasteiger partial charge in [-0.25, -0.2) is 0 Å². The van der Waals surface area contributed by atoms with E-state index in [4.69, 9.17) is 0 Å². The molecule has 5 nitrogen and oxygen atoms in total. The first-order valence-corrected chi connectivity index (χ1v) is 9.13. The predicted molar refractivity (Wildman–Crippen MR) is 101 cm³/mol. The smallest absolute Gasteiger partial charge is 0.253 e. The molecule has 1 aromatic heterocycles. The summed E-state index contributed by atoms with van der Waals surface area (Å²) < 4.78 is 0. The molecular formula is C20H26N4O. The number of rotatable bonds is 6. The Balaban J connectivity index is 1.68. The quantitative estimate of drug-likeness (QED) is 0.807. The van der Waals surface area contributed by atoms with E-state index in [0.717, 1.165) is 49.6 Å². The van der Waals surface area contributed by atoms with Gasteiger partial charge in [0.15, 0.2) is 5.82 Å². The first-order valence-electron chi connectivity index (χ1n) is 9.13. The van der Waals surface area contributed by atoms with Crippen molar-refractivity contribution in [1.29, 1.82) is 0 Å². The Morgan fingerprint density at radius 3 is 2.40 bits per heavy atom. The SMILES string of the molecule is CCCCN(C)C(=O)c1ccc(-c2ccc(N3CCCC3)nn2)cc1. The molecule has 0 radical (unpaired) electrons. The molecule has 1 aromatic carbocycles. The fourth-order valence-electron chi connectivity index (χ4n) is 3.09. The van der Waals surface area contributed by atoms with Gasteiger partial charge in [0.25, 0.3) is 5.91 Å². The van der Waals surface area contributed by atoms with Crippen molar-refractivity contribution < 1.29 is 4.79 Å². The first-order chi connectivity index (χ1) is 12.2. The monoisotopic (exact) mass is 338 g/mol. The lowest BCUT2D eigenvalue weighted by Gasteiger charge is -2.17. The summed E-state index contributed by atoms with van der Waals surface area (Å²) in [5.41, 5.74) is 2.53. The van der Waals surface area contributed by atoms with E-state index in [1.807, 2.05) is 43.4 Å². The van der Waals surface area contributed by atoms with Crippen LogP contribution >= 0.6 is 0 Å². The summed E-state index contributed by atoms with van der Waals surface area (Å²) in [6.07, 6.45) is 4.57. The molecule has 1 aliphatic heterocycles. The second-order valence-corrected chi connectivity index (χ2v) is 6.63. The highest BCUT2D eigenvalue weighted by Crippen LogP contribution is 2.21. The molecule has 3 rings (SSSR count). The molecule has 2 heterocycles. The van der Waals surface area contributed by atoms with Gasteiger partial charge in [0, 0.05) is 37.8 Å². The van der Waals surface area contributed by atoms with E-state index in [1.165, 1.54) is 12.8 Å². The van der Waals surface area contributed by atoms with Gasteiger partial charge in [-0.05, 0) is 43.5 Å². The van der Waals surface area contributed by atoms with Crippen molar-refractivity contribution in [3.63, 3.8) is 0 Å². The van der Waals surface area contributed by atoms with Crippen LogP contribution < -0.4 is 4.90 Å². The van der Waals surface area contributed by atoms with Gasteiger partial charge in [-0.1, -0.05) is 25.5 Å². The number of hydrogen-bond donors (Lipinski definition) is 0. The summed E-state index contributed by atoms with van der Waals surface area (Å²) in [4.78, 5) is 16.4. The third-order valence-corrected chi connectivity index (χ3v) is 4.70. The number of nitrogens with zero attached hydrogens (tertiary/aromatic N) is 4. The molecule has 25 heavy (non-hydrogen) atoms. The second kappa shape index (κ2) is 8.10. The van der Waals surface area contributed by atoms with Gasteiger partial charge >= 0.3 is 0 Å². The van der Waals surface area contributed by atoms with Crippen LogP contribution in [0.5, 0.6) is 0 Å². The maximum Gasteiger partial charge on any atom is 0.253 e. The standard InChI is InChI=1S/C20H26N4O/c1-3-4-13-23(2)20(25)17-9-7-16(8-10-17)18-11-12-19(22-21-18)24-14-5-6-15-24/h7-12H,3-6,13-15H2,1-2H3. The lowest BCUT2D eigenvalue weighted by molar-refractivity contribution is 0.0793. The van der Waals surface area contributed by atoms with E-state index in [0.29, 0.717) is 5.56 Å². The normalized spacial score (nSPS) is 13.9. The lowest BCUT2D eigenvalue weighted by Crippen LogP contribution is -2.27. The second-order valence-electron chi connectivity index (χ2n) is 6.63. The van der Waals surface area contributed by atoms with Gasteiger partial charge in [0.1, 0.15) is 0 Å². The zero-order chi connectivity index (χ0) is 17.6. The summed E-state index contributed by atoms with van der Waals surface area (Å²) >= 11 is 0. The molecule has 2 aromatic rings. The summed E-state index contributed by atoms with van der Waals surface area (Å²) in [7, 11) is 1.86. The molecule has 0 N–H and O–H groups in total. The average Bonchev–Trinajstić information content (AvgIpc) is 3.20. The Morgan fingerprint density at radius 1 is 1.08 bits per heavy atom. The molecule has 132 valence electrons. The van der Waals surface area contributed by atoms with Crippen molar-refractivity contribution >= 4 is 11.7 Å². The Labute approximate surface area is 149 Å². The summed E-state index contributed by atoms with van der Waals surface area (Å²) in [5, 5.41) is 8.71. The van der Waals surface area contributed by atoms with E-state index in [1.54, 1.807) is 4.90 Å². The van der Waals surface area contributed by atoms with Crippen molar-refractivity contribution in [3.8, 4) is 11.3 Å². The van der Waals surface area contributed by atoms with Crippen LogP contribution in [0.15, 0.2) is 36.4 Å². The van der Waals surface area contributed by atoms with Gasteiger partial charge in [0.2, 0.25) is 0 Å².